The largest absolute Gasteiger partial charge is 0.394 e. The van der Waals surface area contributed by atoms with E-state index in [0.29, 0.717) is 6.42 Å². The second kappa shape index (κ2) is 12.4. The van der Waals surface area contributed by atoms with Crippen molar-refractivity contribution in [2.75, 3.05) is 6.61 Å². The Kier molecular flexibility index (Phi) is 11.9. The molecule has 23 heavy (non-hydrogen) atoms. The molecule has 7 heteroatoms. The lowest BCUT2D eigenvalue weighted by atomic mass is 9.95. The standard InChI is InChI=1S/C16H31NO6/c1-3-4-5-6-7-8-9-12(20)14(17-11(2)19)16(23)15(22)13(21)10-18/h13-16,18,21-23H,3-10H2,1-2H3,(H,17,19)/t13-,14+,15-,16-/m1/s1. The van der Waals surface area contributed by atoms with Crippen molar-refractivity contribution in [3.8, 4) is 0 Å². The fourth-order valence-electron chi connectivity index (χ4n) is 2.34. The molecule has 0 aliphatic carbocycles. The van der Waals surface area contributed by atoms with Crippen LogP contribution in [0.15, 0.2) is 0 Å². The highest BCUT2D eigenvalue weighted by Crippen LogP contribution is 2.12. The first kappa shape index (κ1) is 22.0. The van der Waals surface area contributed by atoms with Crippen molar-refractivity contribution in [3.05, 3.63) is 0 Å². The maximum Gasteiger partial charge on any atom is 0.217 e. The molecule has 0 aliphatic rings. The predicted octanol–water partition coefficient (Wildman–Crippen LogP) is -0.114. The SMILES string of the molecule is CCCCCCCCC(=O)[C@H](NC(C)=O)[C@@H](O)[C@H](O)[C@H](O)CO. The van der Waals surface area contributed by atoms with Gasteiger partial charge < -0.3 is 25.7 Å². The van der Waals surface area contributed by atoms with Crippen molar-refractivity contribution >= 4 is 11.7 Å². The Morgan fingerprint density at radius 2 is 1.52 bits per heavy atom. The molecular weight excluding hydrogens is 302 g/mol. The molecule has 0 saturated heterocycles. The van der Waals surface area contributed by atoms with Crippen LogP contribution in [0.25, 0.3) is 0 Å². The molecule has 7 nitrogen and oxygen atoms in total. The Labute approximate surface area is 137 Å². The molecule has 0 rings (SSSR count). The summed E-state index contributed by atoms with van der Waals surface area (Å²) in [7, 11) is 0. The number of aliphatic hydroxyl groups is 4. The molecule has 0 aromatic rings. The van der Waals surface area contributed by atoms with Crippen LogP contribution in [0.5, 0.6) is 0 Å². The highest BCUT2D eigenvalue weighted by molar-refractivity contribution is 5.89. The minimum absolute atomic E-state index is 0.177. The molecule has 1 amide bonds. The molecule has 0 radical (unpaired) electrons. The molecule has 136 valence electrons. The van der Waals surface area contributed by atoms with Crippen molar-refractivity contribution in [1.82, 2.24) is 5.32 Å². The molecule has 0 fully saturated rings. The van der Waals surface area contributed by atoms with Gasteiger partial charge in [-0.05, 0) is 6.42 Å². The first-order valence-corrected chi connectivity index (χ1v) is 8.30. The third kappa shape index (κ3) is 9.00. The number of amides is 1. The van der Waals surface area contributed by atoms with Gasteiger partial charge in [-0.3, -0.25) is 9.59 Å². The lowest BCUT2D eigenvalue weighted by Gasteiger charge is -2.28. The van der Waals surface area contributed by atoms with Gasteiger partial charge in [0.1, 0.15) is 24.4 Å². The summed E-state index contributed by atoms with van der Waals surface area (Å²) in [6, 6.07) is -1.29. The number of nitrogens with one attached hydrogen (secondary N) is 1. The number of carbonyl (C=O) groups excluding carboxylic acids is 2. The van der Waals surface area contributed by atoms with Crippen LogP contribution in [0.1, 0.15) is 58.8 Å². The summed E-state index contributed by atoms with van der Waals surface area (Å²) in [5.74, 6) is -0.914. The van der Waals surface area contributed by atoms with Gasteiger partial charge in [-0.1, -0.05) is 39.0 Å². The highest BCUT2D eigenvalue weighted by Gasteiger charge is 2.35. The molecule has 4 atom stereocenters. The third-order valence-corrected chi connectivity index (χ3v) is 3.76. The van der Waals surface area contributed by atoms with Gasteiger partial charge in [-0.2, -0.15) is 0 Å². The van der Waals surface area contributed by atoms with Crippen LogP contribution in [-0.4, -0.2) is 63.1 Å². The first-order valence-electron chi connectivity index (χ1n) is 8.30. The Hall–Kier alpha value is -1.02. The predicted molar refractivity (Wildman–Crippen MR) is 85.7 cm³/mol. The highest BCUT2D eigenvalue weighted by atomic mass is 16.4. The summed E-state index contributed by atoms with van der Waals surface area (Å²) in [5.41, 5.74) is 0. The zero-order valence-corrected chi connectivity index (χ0v) is 14.1. The zero-order valence-electron chi connectivity index (χ0n) is 14.1. The van der Waals surface area contributed by atoms with Gasteiger partial charge in [-0.15, -0.1) is 0 Å². The maximum atomic E-state index is 12.2. The number of rotatable bonds is 13. The number of carbonyl (C=O) groups is 2. The van der Waals surface area contributed by atoms with Gasteiger partial charge >= 0.3 is 0 Å². The van der Waals surface area contributed by atoms with E-state index in [9.17, 15) is 24.9 Å². The van der Waals surface area contributed by atoms with Gasteiger partial charge in [0, 0.05) is 13.3 Å². The lowest BCUT2D eigenvalue weighted by Crippen LogP contribution is -2.55. The fraction of sp³-hybridized carbons (Fsp3) is 0.875. The second-order valence-corrected chi connectivity index (χ2v) is 5.89. The normalized spacial score (nSPS) is 16.4. The van der Waals surface area contributed by atoms with E-state index in [2.05, 4.69) is 12.2 Å². The zero-order chi connectivity index (χ0) is 17.8. The summed E-state index contributed by atoms with van der Waals surface area (Å²) in [6.45, 7) is 2.57. The molecular formula is C16H31NO6. The van der Waals surface area contributed by atoms with Crippen molar-refractivity contribution in [2.24, 2.45) is 0 Å². The van der Waals surface area contributed by atoms with E-state index in [0.717, 1.165) is 32.1 Å². The number of aliphatic hydroxyl groups excluding tert-OH is 4. The van der Waals surface area contributed by atoms with Crippen LogP contribution in [0.4, 0.5) is 0 Å². The molecule has 0 aromatic heterocycles. The average Bonchev–Trinajstić information content (AvgIpc) is 2.53. The van der Waals surface area contributed by atoms with E-state index in [4.69, 9.17) is 5.11 Å². The first-order chi connectivity index (χ1) is 10.8. The van der Waals surface area contributed by atoms with Crippen molar-refractivity contribution in [1.29, 1.82) is 0 Å². The van der Waals surface area contributed by atoms with Gasteiger partial charge in [-0.25, -0.2) is 0 Å². The number of hydrogen-bond acceptors (Lipinski definition) is 6. The Morgan fingerprint density at radius 1 is 0.957 bits per heavy atom. The van der Waals surface area contributed by atoms with Crippen LogP contribution in [0, 0.1) is 0 Å². The maximum absolute atomic E-state index is 12.2. The van der Waals surface area contributed by atoms with E-state index < -0.39 is 42.7 Å². The molecule has 0 spiro atoms. The molecule has 5 N–H and O–H groups in total. The summed E-state index contributed by atoms with van der Waals surface area (Å²) < 4.78 is 0. The fourth-order valence-corrected chi connectivity index (χ4v) is 2.34. The number of hydrogen-bond donors (Lipinski definition) is 5. The molecule has 0 unspecified atom stereocenters. The number of unbranched alkanes of at least 4 members (excludes halogenated alkanes) is 5. The van der Waals surface area contributed by atoms with E-state index in [1.165, 1.54) is 6.92 Å². The van der Waals surface area contributed by atoms with E-state index in [-0.39, 0.29) is 6.42 Å². The summed E-state index contributed by atoms with van der Waals surface area (Å²) in [6.07, 6.45) is 1.18. The second-order valence-electron chi connectivity index (χ2n) is 5.89. The van der Waals surface area contributed by atoms with Crippen LogP contribution >= 0.6 is 0 Å². The monoisotopic (exact) mass is 333 g/mol. The Morgan fingerprint density at radius 3 is 2.04 bits per heavy atom. The van der Waals surface area contributed by atoms with Crippen molar-refractivity contribution in [3.63, 3.8) is 0 Å². The molecule has 0 aromatic carbocycles. The van der Waals surface area contributed by atoms with Gasteiger partial charge in [0.15, 0.2) is 5.78 Å². The Bertz CT molecular complexity index is 349. The Balaban J connectivity index is 4.51. The minimum Gasteiger partial charge on any atom is -0.394 e. The van der Waals surface area contributed by atoms with Crippen molar-refractivity contribution < 1.29 is 30.0 Å². The average molecular weight is 333 g/mol. The van der Waals surface area contributed by atoms with Gasteiger partial charge in [0.05, 0.1) is 6.61 Å². The number of ketones is 1. The lowest BCUT2D eigenvalue weighted by molar-refractivity contribution is -0.136. The molecule has 0 saturated carbocycles. The van der Waals surface area contributed by atoms with Crippen LogP contribution in [-0.2, 0) is 9.59 Å². The minimum atomic E-state index is -1.72. The van der Waals surface area contributed by atoms with Gasteiger partial charge in [0.25, 0.3) is 0 Å². The van der Waals surface area contributed by atoms with Crippen LogP contribution < -0.4 is 5.32 Å². The van der Waals surface area contributed by atoms with Crippen LogP contribution in [0.2, 0.25) is 0 Å². The number of Topliss-reactive ketones (excluding diaryl/α,β-unsaturated/α-hetero) is 1. The van der Waals surface area contributed by atoms with E-state index >= 15 is 0 Å². The smallest absolute Gasteiger partial charge is 0.217 e. The van der Waals surface area contributed by atoms with E-state index in [1.807, 2.05) is 0 Å². The summed E-state index contributed by atoms with van der Waals surface area (Å²) >= 11 is 0. The molecule has 0 heterocycles. The summed E-state index contributed by atoms with van der Waals surface area (Å²) in [5, 5.41) is 40.2. The quantitative estimate of drug-likeness (QED) is 0.299. The van der Waals surface area contributed by atoms with Gasteiger partial charge in [0.2, 0.25) is 5.91 Å². The van der Waals surface area contributed by atoms with E-state index in [1.54, 1.807) is 0 Å². The summed E-state index contributed by atoms with van der Waals surface area (Å²) in [4.78, 5) is 23.4. The topological polar surface area (TPSA) is 127 Å². The molecule has 0 aliphatic heterocycles. The third-order valence-electron chi connectivity index (χ3n) is 3.76. The van der Waals surface area contributed by atoms with Crippen LogP contribution in [0.3, 0.4) is 0 Å². The van der Waals surface area contributed by atoms with Crippen molar-refractivity contribution in [2.45, 2.75) is 83.1 Å². The molecule has 0 bridgehead atoms.